The highest BCUT2D eigenvalue weighted by Crippen LogP contribution is 2.30. The number of carbonyl (C=O) groups excluding carboxylic acids is 2. The third-order valence-electron chi connectivity index (χ3n) is 6.12. The Morgan fingerprint density at radius 1 is 1.03 bits per heavy atom. The van der Waals surface area contributed by atoms with E-state index in [0.717, 1.165) is 48.6 Å². The smallest absolute Gasteiger partial charge is 0.253 e. The van der Waals surface area contributed by atoms with Crippen molar-refractivity contribution in [3.8, 4) is 5.75 Å². The number of methoxy groups -OCH3 is 1. The van der Waals surface area contributed by atoms with Crippen molar-refractivity contribution >= 4 is 29.1 Å². The fourth-order valence-electron chi connectivity index (χ4n) is 4.39. The van der Waals surface area contributed by atoms with E-state index < -0.39 is 0 Å². The van der Waals surface area contributed by atoms with E-state index >= 15 is 0 Å². The first-order valence-corrected chi connectivity index (χ1v) is 11.1. The van der Waals surface area contributed by atoms with Crippen LogP contribution in [0.15, 0.2) is 36.4 Å². The summed E-state index contributed by atoms with van der Waals surface area (Å²) in [5.41, 5.74) is 3.79. The van der Waals surface area contributed by atoms with Crippen LogP contribution in [0.1, 0.15) is 34.8 Å². The van der Waals surface area contributed by atoms with Crippen LogP contribution in [0.4, 0.5) is 5.69 Å². The Bertz CT molecular complexity index is 986. The Morgan fingerprint density at radius 3 is 2.52 bits per heavy atom. The minimum atomic E-state index is 0.0584. The number of anilines is 1. The van der Waals surface area contributed by atoms with Gasteiger partial charge in [0.1, 0.15) is 5.75 Å². The molecule has 0 spiro atoms. The number of nitrogens with zero attached hydrogens (tertiary/aromatic N) is 3. The summed E-state index contributed by atoms with van der Waals surface area (Å²) < 4.78 is 5.45. The monoisotopic (exact) mass is 441 g/mol. The van der Waals surface area contributed by atoms with Crippen LogP contribution in [0.3, 0.4) is 0 Å². The van der Waals surface area contributed by atoms with Gasteiger partial charge in [-0.25, -0.2) is 0 Å². The number of piperazine rings is 1. The fraction of sp³-hybridized carbons (Fsp3) is 0.417. The van der Waals surface area contributed by atoms with Gasteiger partial charge in [0.2, 0.25) is 5.91 Å². The number of halogens is 1. The number of hydrogen-bond acceptors (Lipinski definition) is 4. The summed E-state index contributed by atoms with van der Waals surface area (Å²) in [5.74, 6) is 1.02. The van der Waals surface area contributed by atoms with Crippen molar-refractivity contribution in [3.05, 3.63) is 58.1 Å². The molecule has 0 aromatic heterocycles. The summed E-state index contributed by atoms with van der Waals surface area (Å²) in [6, 6.07) is 11.4. The average molecular weight is 442 g/mol. The molecule has 0 bridgehead atoms. The van der Waals surface area contributed by atoms with E-state index in [-0.39, 0.29) is 11.8 Å². The summed E-state index contributed by atoms with van der Waals surface area (Å²) in [6.45, 7) is 6.27. The van der Waals surface area contributed by atoms with E-state index in [2.05, 4.69) is 4.90 Å². The lowest BCUT2D eigenvalue weighted by Gasteiger charge is -2.35. The van der Waals surface area contributed by atoms with Gasteiger partial charge in [-0.05, 0) is 48.4 Å². The first-order valence-electron chi connectivity index (χ1n) is 10.8. The molecule has 31 heavy (non-hydrogen) atoms. The van der Waals surface area contributed by atoms with Crippen LogP contribution < -0.4 is 9.64 Å². The summed E-state index contributed by atoms with van der Waals surface area (Å²) in [4.78, 5) is 31.2. The zero-order valence-electron chi connectivity index (χ0n) is 18.1. The maximum absolute atomic E-state index is 13.1. The summed E-state index contributed by atoms with van der Waals surface area (Å²) >= 11 is 6.15. The zero-order chi connectivity index (χ0) is 22.0. The molecule has 0 radical (unpaired) electrons. The lowest BCUT2D eigenvalue weighted by atomic mass is 10.1. The molecule has 7 heteroatoms. The molecule has 164 valence electrons. The molecule has 0 aliphatic carbocycles. The van der Waals surface area contributed by atoms with Gasteiger partial charge in [-0.3, -0.25) is 14.5 Å². The van der Waals surface area contributed by atoms with E-state index in [0.29, 0.717) is 36.6 Å². The highest BCUT2D eigenvalue weighted by atomic mass is 35.5. The third kappa shape index (κ3) is 4.55. The Hall–Kier alpha value is -2.57. The summed E-state index contributed by atoms with van der Waals surface area (Å²) in [6.07, 6.45) is 1.29. The predicted molar refractivity (Wildman–Crippen MR) is 122 cm³/mol. The topological polar surface area (TPSA) is 53.1 Å². The normalized spacial score (nSPS) is 16.4. The van der Waals surface area contributed by atoms with Gasteiger partial charge in [0, 0.05) is 67.5 Å². The Morgan fingerprint density at radius 2 is 1.81 bits per heavy atom. The van der Waals surface area contributed by atoms with Gasteiger partial charge < -0.3 is 14.5 Å². The molecule has 0 N–H and O–H groups in total. The molecule has 2 aliphatic rings. The highest BCUT2D eigenvalue weighted by molar-refractivity contribution is 6.30. The minimum Gasteiger partial charge on any atom is -0.496 e. The highest BCUT2D eigenvalue weighted by Gasteiger charge is 2.27. The van der Waals surface area contributed by atoms with Crippen LogP contribution in [-0.2, 0) is 17.8 Å². The van der Waals surface area contributed by atoms with Crippen molar-refractivity contribution in [2.45, 2.75) is 26.3 Å². The second-order valence-electron chi connectivity index (χ2n) is 8.02. The second kappa shape index (κ2) is 9.28. The van der Waals surface area contributed by atoms with Crippen LogP contribution in [0.5, 0.6) is 5.75 Å². The van der Waals surface area contributed by atoms with Gasteiger partial charge >= 0.3 is 0 Å². The molecule has 2 heterocycles. The Balaban J connectivity index is 1.38. The maximum Gasteiger partial charge on any atom is 0.253 e. The van der Waals surface area contributed by atoms with E-state index in [4.69, 9.17) is 16.3 Å². The van der Waals surface area contributed by atoms with Gasteiger partial charge in [0.25, 0.3) is 5.91 Å². The number of carbonyl (C=O) groups is 2. The first-order chi connectivity index (χ1) is 15.0. The van der Waals surface area contributed by atoms with Crippen LogP contribution in [0, 0.1) is 0 Å². The Labute approximate surface area is 188 Å². The van der Waals surface area contributed by atoms with Gasteiger partial charge in [-0.15, -0.1) is 0 Å². The molecule has 2 aromatic rings. The number of ether oxygens (including phenoxy) is 1. The molecule has 0 atom stereocenters. The molecular formula is C24H28ClN3O3. The first kappa shape index (κ1) is 21.7. The summed E-state index contributed by atoms with van der Waals surface area (Å²) in [5, 5.41) is 0.695. The van der Waals surface area contributed by atoms with Crippen molar-refractivity contribution in [1.82, 2.24) is 9.80 Å². The van der Waals surface area contributed by atoms with Crippen molar-refractivity contribution in [2.75, 3.05) is 44.7 Å². The van der Waals surface area contributed by atoms with E-state index in [1.54, 1.807) is 7.11 Å². The van der Waals surface area contributed by atoms with Gasteiger partial charge in [0.05, 0.1) is 7.11 Å². The standard InChI is InChI=1S/C24H28ClN3O3/c1-3-23(29)28-9-8-17-14-18(4-6-21(17)28)24(30)27-12-10-26(11-13-27)16-19-15-20(25)5-7-22(19)31-2/h4-7,14-15H,3,8-13,16H2,1-2H3. The molecule has 2 amide bonds. The van der Waals surface area contributed by atoms with E-state index in [1.165, 1.54) is 0 Å². The molecule has 6 nitrogen and oxygen atoms in total. The number of fused-ring (bicyclic) bond motifs is 1. The lowest BCUT2D eigenvalue weighted by molar-refractivity contribution is -0.118. The fourth-order valence-corrected chi connectivity index (χ4v) is 4.58. The number of amides is 2. The van der Waals surface area contributed by atoms with Crippen molar-refractivity contribution in [2.24, 2.45) is 0 Å². The minimum absolute atomic E-state index is 0.0584. The zero-order valence-corrected chi connectivity index (χ0v) is 18.8. The predicted octanol–water partition coefficient (Wildman–Crippen LogP) is 3.61. The van der Waals surface area contributed by atoms with Crippen LogP contribution in [0.25, 0.3) is 0 Å². The van der Waals surface area contributed by atoms with Crippen molar-refractivity contribution in [3.63, 3.8) is 0 Å². The molecule has 1 saturated heterocycles. The number of rotatable bonds is 5. The second-order valence-corrected chi connectivity index (χ2v) is 8.45. The SMILES string of the molecule is CCC(=O)N1CCc2cc(C(=O)N3CCN(Cc4cc(Cl)ccc4OC)CC3)ccc21. The largest absolute Gasteiger partial charge is 0.496 e. The average Bonchev–Trinajstić information content (AvgIpc) is 3.22. The molecule has 4 rings (SSSR count). The van der Waals surface area contributed by atoms with Crippen LogP contribution in [0.2, 0.25) is 5.02 Å². The van der Waals surface area contributed by atoms with Crippen molar-refractivity contribution in [1.29, 1.82) is 0 Å². The van der Waals surface area contributed by atoms with E-state index in [9.17, 15) is 9.59 Å². The maximum atomic E-state index is 13.1. The van der Waals surface area contributed by atoms with Crippen molar-refractivity contribution < 1.29 is 14.3 Å². The van der Waals surface area contributed by atoms with Crippen LogP contribution >= 0.6 is 11.6 Å². The molecule has 0 saturated carbocycles. The van der Waals surface area contributed by atoms with Crippen LogP contribution in [-0.4, -0.2) is 61.4 Å². The third-order valence-corrected chi connectivity index (χ3v) is 6.36. The van der Waals surface area contributed by atoms with Gasteiger partial charge in [0.15, 0.2) is 0 Å². The Kier molecular flexibility index (Phi) is 6.49. The molecular weight excluding hydrogens is 414 g/mol. The summed E-state index contributed by atoms with van der Waals surface area (Å²) in [7, 11) is 1.66. The molecule has 2 aliphatic heterocycles. The number of hydrogen-bond donors (Lipinski definition) is 0. The van der Waals surface area contributed by atoms with Gasteiger partial charge in [-0.1, -0.05) is 18.5 Å². The molecule has 1 fully saturated rings. The molecule has 0 unspecified atom stereocenters. The van der Waals surface area contributed by atoms with E-state index in [1.807, 2.05) is 53.1 Å². The quantitative estimate of drug-likeness (QED) is 0.711. The molecule has 2 aromatic carbocycles. The van der Waals surface area contributed by atoms with Gasteiger partial charge in [-0.2, -0.15) is 0 Å². The lowest BCUT2D eigenvalue weighted by Crippen LogP contribution is -2.48. The number of benzene rings is 2.